The summed E-state index contributed by atoms with van der Waals surface area (Å²) >= 11 is 0. The predicted molar refractivity (Wildman–Crippen MR) is 136 cm³/mol. The summed E-state index contributed by atoms with van der Waals surface area (Å²) in [6.45, 7) is 1.65. The van der Waals surface area contributed by atoms with E-state index < -0.39 is 17.6 Å². The molecule has 1 amide bonds. The second-order valence-electron chi connectivity index (χ2n) is 9.36. The smallest absolute Gasteiger partial charge is 0.416 e. The molecule has 0 spiro atoms. The zero-order chi connectivity index (χ0) is 26.0. The Bertz CT molecular complexity index is 1390. The number of benzene rings is 3. The van der Waals surface area contributed by atoms with Gasteiger partial charge in [0, 0.05) is 30.5 Å². The van der Waals surface area contributed by atoms with Gasteiger partial charge in [-0.3, -0.25) is 9.36 Å². The second-order valence-corrected chi connectivity index (χ2v) is 9.36. The third-order valence-electron chi connectivity index (χ3n) is 6.52. The lowest BCUT2D eigenvalue weighted by molar-refractivity contribution is -0.137. The highest BCUT2D eigenvalue weighted by Crippen LogP contribution is 2.35. The number of piperidine rings is 1. The van der Waals surface area contributed by atoms with Crippen molar-refractivity contribution in [3.8, 4) is 11.4 Å². The molecule has 0 unspecified atom stereocenters. The first-order valence-corrected chi connectivity index (χ1v) is 12.1. The van der Waals surface area contributed by atoms with Crippen LogP contribution in [-0.4, -0.2) is 46.6 Å². The van der Waals surface area contributed by atoms with Gasteiger partial charge in [-0.25, -0.2) is 4.98 Å². The molecule has 5 rings (SSSR count). The quantitative estimate of drug-likeness (QED) is 0.363. The van der Waals surface area contributed by atoms with Gasteiger partial charge in [0.2, 0.25) is 5.91 Å². The summed E-state index contributed by atoms with van der Waals surface area (Å²) in [6.07, 6.45) is -1.48. The van der Waals surface area contributed by atoms with Crippen LogP contribution in [0.5, 0.6) is 5.75 Å². The molecule has 2 heterocycles. The van der Waals surface area contributed by atoms with Crippen LogP contribution in [0, 0.1) is 0 Å². The molecule has 1 saturated heterocycles. The van der Waals surface area contributed by atoms with Crippen molar-refractivity contribution in [1.82, 2.24) is 14.5 Å². The van der Waals surface area contributed by atoms with Gasteiger partial charge in [0.05, 0.1) is 23.0 Å². The van der Waals surface area contributed by atoms with Crippen molar-refractivity contribution in [2.45, 2.75) is 31.5 Å². The highest BCUT2D eigenvalue weighted by molar-refractivity contribution is 5.92. The van der Waals surface area contributed by atoms with Crippen LogP contribution in [-0.2, 0) is 17.4 Å². The van der Waals surface area contributed by atoms with E-state index in [9.17, 15) is 18.0 Å². The SMILES string of the molecule is CN1CCC(Oc2cc(NC(=O)Cc3ccc(-n4cnc5ccccc54)cc3)cc(C(F)(F)F)c2)CC1. The van der Waals surface area contributed by atoms with Crippen molar-refractivity contribution in [3.05, 3.63) is 84.2 Å². The van der Waals surface area contributed by atoms with Crippen LogP contribution in [0.25, 0.3) is 16.7 Å². The number of hydrogen-bond acceptors (Lipinski definition) is 4. The Morgan fingerprint density at radius 2 is 1.78 bits per heavy atom. The van der Waals surface area contributed by atoms with E-state index in [1.165, 1.54) is 6.07 Å². The number of nitrogens with zero attached hydrogens (tertiary/aromatic N) is 3. The lowest BCUT2D eigenvalue weighted by atomic mass is 10.1. The fraction of sp³-hybridized carbons (Fsp3) is 0.286. The van der Waals surface area contributed by atoms with Crippen LogP contribution in [0.15, 0.2) is 73.1 Å². The predicted octanol–water partition coefficient (Wildman–Crippen LogP) is 5.70. The van der Waals surface area contributed by atoms with Gasteiger partial charge in [0.25, 0.3) is 0 Å². The number of nitrogens with one attached hydrogen (secondary N) is 1. The van der Waals surface area contributed by atoms with E-state index in [2.05, 4.69) is 15.2 Å². The average molecular weight is 509 g/mol. The number of rotatable bonds is 6. The number of aromatic nitrogens is 2. The molecule has 0 radical (unpaired) electrons. The largest absolute Gasteiger partial charge is 0.490 e. The summed E-state index contributed by atoms with van der Waals surface area (Å²) in [5, 5.41) is 2.61. The standard InChI is InChI=1S/C28H27F3N4O2/c1-34-12-10-23(11-13-34)37-24-16-20(28(29,30)31)15-21(17-24)33-27(36)14-19-6-8-22(9-7-19)35-18-32-25-4-2-3-5-26(25)35/h2-9,15-18,23H,10-14H2,1H3,(H,33,36). The summed E-state index contributed by atoms with van der Waals surface area (Å²) in [5.74, 6) is -0.304. The van der Waals surface area contributed by atoms with Crippen LogP contribution in [0.3, 0.4) is 0 Å². The fourth-order valence-electron chi connectivity index (χ4n) is 4.53. The lowest BCUT2D eigenvalue weighted by Crippen LogP contribution is -2.35. The van der Waals surface area contributed by atoms with Crippen molar-refractivity contribution in [1.29, 1.82) is 0 Å². The number of alkyl halides is 3. The molecule has 1 fully saturated rings. The fourth-order valence-corrected chi connectivity index (χ4v) is 4.53. The van der Waals surface area contributed by atoms with Crippen molar-refractivity contribution in [2.75, 3.05) is 25.5 Å². The van der Waals surface area contributed by atoms with Gasteiger partial charge in [-0.1, -0.05) is 24.3 Å². The van der Waals surface area contributed by atoms with Gasteiger partial charge >= 0.3 is 6.18 Å². The molecule has 1 aliphatic heterocycles. The first-order valence-electron chi connectivity index (χ1n) is 12.1. The molecule has 6 nitrogen and oxygen atoms in total. The van der Waals surface area contributed by atoms with E-state index in [0.717, 1.165) is 60.3 Å². The summed E-state index contributed by atoms with van der Waals surface area (Å²) in [6, 6.07) is 18.6. The number of anilines is 1. The van der Waals surface area contributed by atoms with Gasteiger partial charge in [0.15, 0.2) is 0 Å². The maximum Gasteiger partial charge on any atom is 0.416 e. The molecule has 0 atom stereocenters. The Balaban J connectivity index is 1.28. The molecule has 1 N–H and O–H groups in total. The Morgan fingerprint density at radius 1 is 1.05 bits per heavy atom. The number of amides is 1. The second kappa shape index (κ2) is 10.3. The van der Waals surface area contributed by atoms with E-state index in [1.807, 2.05) is 60.1 Å². The number of para-hydroxylation sites is 2. The molecular formula is C28H27F3N4O2. The summed E-state index contributed by atoms with van der Waals surface area (Å²) in [4.78, 5) is 19.3. The maximum atomic E-state index is 13.5. The van der Waals surface area contributed by atoms with Crippen LogP contribution < -0.4 is 10.1 Å². The van der Waals surface area contributed by atoms with Crippen molar-refractivity contribution >= 4 is 22.6 Å². The number of ether oxygens (including phenoxy) is 1. The van der Waals surface area contributed by atoms with E-state index >= 15 is 0 Å². The van der Waals surface area contributed by atoms with Gasteiger partial charge in [-0.2, -0.15) is 13.2 Å². The molecule has 192 valence electrons. The first kappa shape index (κ1) is 24.8. The Kier molecular flexibility index (Phi) is 6.88. The molecule has 9 heteroatoms. The number of hydrogen-bond donors (Lipinski definition) is 1. The molecular weight excluding hydrogens is 481 g/mol. The average Bonchev–Trinajstić information content (AvgIpc) is 3.29. The van der Waals surface area contributed by atoms with E-state index in [0.29, 0.717) is 0 Å². The monoisotopic (exact) mass is 508 g/mol. The van der Waals surface area contributed by atoms with Gasteiger partial charge in [-0.15, -0.1) is 0 Å². The van der Waals surface area contributed by atoms with E-state index in [-0.39, 0.29) is 24.0 Å². The van der Waals surface area contributed by atoms with Crippen molar-refractivity contribution < 1.29 is 22.7 Å². The highest BCUT2D eigenvalue weighted by Gasteiger charge is 2.32. The van der Waals surface area contributed by atoms with Crippen LogP contribution in [0.1, 0.15) is 24.0 Å². The van der Waals surface area contributed by atoms with Gasteiger partial charge in [-0.05, 0) is 61.9 Å². The van der Waals surface area contributed by atoms with Crippen LogP contribution in [0.2, 0.25) is 0 Å². The summed E-state index contributed by atoms with van der Waals surface area (Å²) in [7, 11) is 2.00. The number of carbonyl (C=O) groups excluding carboxylic acids is 1. The molecule has 0 saturated carbocycles. The normalized spacial score (nSPS) is 15.1. The molecule has 4 aromatic rings. The van der Waals surface area contributed by atoms with E-state index in [1.54, 1.807) is 6.33 Å². The molecule has 3 aromatic carbocycles. The third kappa shape index (κ3) is 5.94. The van der Waals surface area contributed by atoms with Crippen LogP contribution in [0.4, 0.5) is 18.9 Å². The molecule has 0 bridgehead atoms. The number of likely N-dealkylation sites (tertiary alicyclic amines) is 1. The molecule has 0 aliphatic carbocycles. The minimum Gasteiger partial charge on any atom is -0.490 e. The Morgan fingerprint density at radius 3 is 2.51 bits per heavy atom. The first-order chi connectivity index (χ1) is 17.7. The van der Waals surface area contributed by atoms with E-state index in [4.69, 9.17) is 4.74 Å². The number of imidazole rings is 1. The topological polar surface area (TPSA) is 59.4 Å². The lowest BCUT2D eigenvalue weighted by Gasteiger charge is -2.29. The zero-order valence-electron chi connectivity index (χ0n) is 20.3. The Hall–Kier alpha value is -3.85. The summed E-state index contributed by atoms with van der Waals surface area (Å²) in [5.41, 5.74) is 2.68. The van der Waals surface area contributed by atoms with Crippen LogP contribution >= 0.6 is 0 Å². The summed E-state index contributed by atoms with van der Waals surface area (Å²) < 4.78 is 48.4. The van der Waals surface area contributed by atoms with Crippen molar-refractivity contribution in [3.63, 3.8) is 0 Å². The minimum atomic E-state index is -4.56. The van der Waals surface area contributed by atoms with Gasteiger partial charge < -0.3 is 15.0 Å². The van der Waals surface area contributed by atoms with Gasteiger partial charge in [0.1, 0.15) is 18.2 Å². The molecule has 1 aliphatic rings. The number of halogens is 3. The minimum absolute atomic E-state index is 0.0202. The number of fused-ring (bicyclic) bond motifs is 1. The highest BCUT2D eigenvalue weighted by atomic mass is 19.4. The van der Waals surface area contributed by atoms with Crippen molar-refractivity contribution in [2.24, 2.45) is 0 Å². The molecule has 37 heavy (non-hydrogen) atoms. The third-order valence-corrected chi connectivity index (χ3v) is 6.52. The molecule has 1 aromatic heterocycles. The zero-order valence-corrected chi connectivity index (χ0v) is 20.3. The maximum absolute atomic E-state index is 13.5. The Labute approximate surface area is 212 Å². The number of carbonyl (C=O) groups is 1.